The second-order valence-electron chi connectivity index (χ2n) is 5.99. The van der Waals surface area contributed by atoms with Crippen molar-refractivity contribution in [1.29, 1.82) is 0 Å². The smallest absolute Gasteiger partial charge is 0.182 e. The Kier molecular flexibility index (Phi) is 5.72. The first-order valence-corrected chi connectivity index (χ1v) is 10.3. The van der Waals surface area contributed by atoms with Gasteiger partial charge in [0.1, 0.15) is 30.3 Å². The van der Waals surface area contributed by atoms with Crippen molar-refractivity contribution in [3.63, 3.8) is 0 Å². The summed E-state index contributed by atoms with van der Waals surface area (Å²) in [6.07, 6.45) is 3.14. The summed E-state index contributed by atoms with van der Waals surface area (Å²) in [7, 11) is 0. The van der Waals surface area contributed by atoms with Gasteiger partial charge in [0.05, 0.1) is 23.4 Å². The zero-order valence-electron chi connectivity index (χ0n) is 15.0. The van der Waals surface area contributed by atoms with Crippen molar-refractivity contribution in [2.24, 2.45) is 0 Å². The number of nitrogens with zero attached hydrogens (tertiary/aromatic N) is 3. The van der Waals surface area contributed by atoms with Gasteiger partial charge in [0, 0.05) is 27.5 Å². The molecule has 29 heavy (non-hydrogen) atoms. The molecule has 0 saturated heterocycles. The van der Waals surface area contributed by atoms with Crippen LogP contribution in [-0.4, -0.2) is 28.1 Å². The molecule has 0 bridgehead atoms. The van der Waals surface area contributed by atoms with E-state index < -0.39 is 5.82 Å². The molecule has 7 nitrogen and oxygen atoms in total. The van der Waals surface area contributed by atoms with Crippen LogP contribution in [0.4, 0.5) is 26.7 Å². The molecule has 10 heteroatoms. The highest BCUT2D eigenvalue weighted by atomic mass is 79.9. The maximum Gasteiger partial charge on any atom is 0.182 e. The third-order valence-corrected chi connectivity index (χ3v) is 5.24. The maximum atomic E-state index is 14.2. The van der Waals surface area contributed by atoms with Crippen LogP contribution in [0.3, 0.4) is 0 Å². The van der Waals surface area contributed by atoms with Crippen LogP contribution in [0.5, 0.6) is 5.75 Å². The van der Waals surface area contributed by atoms with Gasteiger partial charge in [0.2, 0.25) is 0 Å². The molecule has 0 amide bonds. The van der Waals surface area contributed by atoms with Gasteiger partial charge in [0.25, 0.3) is 0 Å². The molecular weight excluding hydrogens is 459 g/mol. The van der Waals surface area contributed by atoms with Crippen LogP contribution in [0.2, 0.25) is 0 Å². The Morgan fingerprint density at radius 2 is 2.07 bits per heavy atom. The number of aromatic nitrogens is 3. The average molecular weight is 475 g/mol. The van der Waals surface area contributed by atoms with Crippen molar-refractivity contribution in [3.8, 4) is 5.75 Å². The van der Waals surface area contributed by atoms with Gasteiger partial charge in [-0.15, -0.1) is 11.3 Å². The minimum Gasteiger partial charge on any atom is -0.490 e. The topological polar surface area (TPSA) is 98.0 Å². The lowest BCUT2D eigenvalue weighted by atomic mass is 10.2. The minimum atomic E-state index is -0.396. The summed E-state index contributed by atoms with van der Waals surface area (Å²) in [5, 5.41) is 9.56. The van der Waals surface area contributed by atoms with Gasteiger partial charge in [-0.3, -0.25) is 0 Å². The molecule has 0 unspecified atom stereocenters. The fourth-order valence-corrected chi connectivity index (χ4v) is 3.56. The normalized spacial score (nSPS) is 10.8. The van der Waals surface area contributed by atoms with Gasteiger partial charge < -0.3 is 21.1 Å². The Labute approximate surface area is 178 Å². The molecule has 0 saturated carbocycles. The van der Waals surface area contributed by atoms with E-state index in [0.29, 0.717) is 51.5 Å². The number of nitrogens with one attached hydrogen (secondary N) is 2. The molecule has 2 aromatic carbocycles. The second-order valence-corrected chi connectivity index (χ2v) is 7.80. The van der Waals surface area contributed by atoms with Crippen molar-refractivity contribution >= 4 is 60.5 Å². The Bertz CT molecular complexity index is 1140. The summed E-state index contributed by atoms with van der Waals surface area (Å²) in [6, 6.07) is 8.22. The summed E-state index contributed by atoms with van der Waals surface area (Å²) in [5.74, 6) is 0.588. The number of anilines is 4. The van der Waals surface area contributed by atoms with E-state index in [9.17, 15) is 4.39 Å². The summed E-state index contributed by atoms with van der Waals surface area (Å²) in [6.45, 7) is 1.000. The third-order valence-electron chi connectivity index (χ3n) is 4.02. The zero-order valence-corrected chi connectivity index (χ0v) is 17.4. The summed E-state index contributed by atoms with van der Waals surface area (Å²) >= 11 is 4.77. The van der Waals surface area contributed by atoms with Crippen molar-refractivity contribution in [1.82, 2.24) is 15.0 Å². The number of nitrogens with two attached hydrogens (primary N) is 1. The Morgan fingerprint density at radius 1 is 1.17 bits per heavy atom. The van der Waals surface area contributed by atoms with Crippen LogP contribution in [0.1, 0.15) is 0 Å². The van der Waals surface area contributed by atoms with Crippen molar-refractivity contribution in [3.05, 3.63) is 58.5 Å². The average Bonchev–Trinajstić information content (AvgIpc) is 3.21. The van der Waals surface area contributed by atoms with Gasteiger partial charge in [-0.1, -0.05) is 15.9 Å². The number of benzene rings is 2. The monoisotopic (exact) mass is 474 g/mol. The number of ether oxygens (including phenoxy) is 1. The molecule has 2 aromatic heterocycles. The Hall–Kier alpha value is -2.98. The number of hydrogen-bond donors (Lipinski definition) is 3. The van der Waals surface area contributed by atoms with Crippen LogP contribution in [-0.2, 0) is 0 Å². The molecule has 0 radical (unpaired) electrons. The van der Waals surface area contributed by atoms with Gasteiger partial charge in [0.15, 0.2) is 5.13 Å². The van der Waals surface area contributed by atoms with Gasteiger partial charge in [-0.25, -0.2) is 19.3 Å². The van der Waals surface area contributed by atoms with Gasteiger partial charge in [-0.2, -0.15) is 0 Å². The van der Waals surface area contributed by atoms with E-state index in [0.717, 1.165) is 5.13 Å². The zero-order chi connectivity index (χ0) is 20.2. The van der Waals surface area contributed by atoms with E-state index in [1.54, 1.807) is 30.5 Å². The lowest BCUT2D eigenvalue weighted by Gasteiger charge is -2.13. The lowest BCUT2D eigenvalue weighted by molar-refractivity contribution is 0.335. The Morgan fingerprint density at radius 3 is 2.86 bits per heavy atom. The first-order valence-electron chi connectivity index (χ1n) is 8.62. The first kappa shape index (κ1) is 19.3. The number of rotatable bonds is 7. The van der Waals surface area contributed by atoms with Crippen LogP contribution in [0.25, 0.3) is 10.9 Å². The van der Waals surface area contributed by atoms with E-state index >= 15 is 0 Å². The van der Waals surface area contributed by atoms with E-state index in [2.05, 4.69) is 41.5 Å². The predicted octanol–water partition coefficient (Wildman–Crippen LogP) is 4.80. The highest BCUT2D eigenvalue weighted by Gasteiger charge is 2.11. The highest BCUT2D eigenvalue weighted by Crippen LogP contribution is 2.32. The molecule has 0 spiro atoms. The van der Waals surface area contributed by atoms with Crippen molar-refractivity contribution in [2.45, 2.75) is 0 Å². The molecule has 2 heterocycles. The number of fused-ring (bicyclic) bond motifs is 1. The molecule has 0 aliphatic heterocycles. The van der Waals surface area contributed by atoms with E-state index in [-0.39, 0.29) is 0 Å². The predicted molar refractivity (Wildman–Crippen MR) is 117 cm³/mol. The van der Waals surface area contributed by atoms with Crippen molar-refractivity contribution in [2.75, 3.05) is 29.5 Å². The van der Waals surface area contributed by atoms with Crippen molar-refractivity contribution < 1.29 is 9.13 Å². The number of halogens is 2. The fraction of sp³-hybridized carbons (Fsp3) is 0.105. The Balaban J connectivity index is 1.52. The molecule has 4 aromatic rings. The maximum absolute atomic E-state index is 14.2. The van der Waals surface area contributed by atoms with Crippen LogP contribution in [0, 0.1) is 5.82 Å². The lowest BCUT2D eigenvalue weighted by Crippen LogP contribution is -2.12. The molecule has 0 aliphatic carbocycles. The number of thiazole rings is 1. The van der Waals surface area contributed by atoms with E-state index in [4.69, 9.17) is 10.5 Å². The van der Waals surface area contributed by atoms with Gasteiger partial charge >= 0.3 is 0 Å². The molecule has 4 N–H and O–H groups in total. The van der Waals surface area contributed by atoms with Gasteiger partial charge in [-0.05, 0) is 24.3 Å². The molecule has 148 valence electrons. The van der Waals surface area contributed by atoms with Crippen LogP contribution >= 0.6 is 27.3 Å². The minimum absolute atomic E-state index is 0.306. The summed E-state index contributed by atoms with van der Waals surface area (Å²) in [4.78, 5) is 12.7. The first-order chi connectivity index (χ1) is 14.1. The van der Waals surface area contributed by atoms with Crippen LogP contribution in [0.15, 0.2) is 52.7 Å². The molecular formula is C19H16BrFN6OS. The summed E-state index contributed by atoms with van der Waals surface area (Å²) in [5.41, 5.74) is 7.54. The third kappa shape index (κ3) is 4.54. The largest absolute Gasteiger partial charge is 0.490 e. The quantitative estimate of drug-likeness (QED) is 0.261. The number of nitrogen functional groups attached to an aromatic ring is 1. The van der Waals surface area contributed by atoms with Crippen LogP contribution < -0.4 is 21.1 Å². The molecule has 4 rings (SSSR count). The summed E-state index contributed by atoms with van der Waals surface area (Å²) < 4.78 is 20.6. The fourth-order valence-electron chi connectivity index (χ4n) is 2.67. The SMILES string of the molecule is Nc1cc2c(Nc3ccc(Br)cc3F)ncnc2cc1OCCNc1nccs1. The molecule has 0 aliphatic rings. The van der Waals surface area contributed by atoms with E-state index in [1.165, 1.54) is 23.7 Å². The highest BCUT2D eigenvalue weighted by molar-refractivity contribution is 9.10. The second kappa shape index (κ2) is 8.58. The van der Waals surface area contributed by atoms with E-state index in [1.807, 2.05) is 5.38 Å². The molecule has 0 atom stereocenters. The number of hydrogen-bond acceptors (Lipinski definition) is 8. The molecule has 0 fully saturated rings. The standard InChI is InChI=1S/C19H16BrFN6OS/c20-11-1-2-15(13(21)7-11)27-18-12-8-14(22)17(9-16(12)25-10-26-18)28-5-3-23-19-24-4-6-29-19/h1-2,4,6-10H,3,5,22H2,(H,23,24)(H,25,26,27).